The Balaban J connectivity index is 1.55. The van der Waals surface area contributed by atoms with E-state index < -0.39 is 46.9 Å². The molecule has 1 spiro atoms. The predicted octanol–water partition coefficient (Wildman–Crippen LogP) is 4.71. The summed E-state index contributed by atoms with van der Waals surface area (Å²) < 4.78 is 7.14. The van der Waals surface area contributed by atoms with E-state index in [1.807, 2.05) is 19.1 Å². The fourth-order valence-electron chi connectivity index (χ4n) is 5.74. The molecule has 3 aromatic rings. The van der Waals surface area contributed by atoms with Gasteiger partial charge in [0.2, 0.25) is 29.0 Å². The number of anilines is 1. The molecule has 2 saturated heterocycles. The molecule has 6 nitrogen and oxygen atoms in total. The standard InChI is InChI=1S/C28H20BrNO5/c1-2-15-7-3-6-10-20(15)30-26(33)21-22(27(30)34)28(35-23(21)16-11-13-17(29)14-12-16)24(31)18-8-4-5-9-19(18)25(28)32/h3-14,21-23H,2H2,1H3/t21-,22+,23+/m1/s1. The number of ketones is 2. The molecule has 0 radical (unpaired) electrons. The van der Waals surface area contributed by atoms with E-state index in [2.05, 4.69) is 15.9 Å². The number of para-hydroxylation sites is 1. The van der Waals surface area contributed by atoms with Crippen LogP contribution < -0.4 is 4.90 Å². The highest BCUT2D eigenvalue weighted by Crippen LogP contribution is 2.57. The number of imide groups is 1. The first kappa shape index (κ1) is 22.1. The van der Waals surface area contributed by atoms with Crippen LogP contribution in [-0.4, -0.2) is 29.0 Å². The Morgan fingerprint density at radius 3 is 2.06 bits per heavy atom. The second kappa shape index (κ2) is 7.80. The Labute approximate surface area is 210 Å². The van der Waals surface area contributed by atoms with Gasteiger partial charge in [0.05, 0.1) is 23.6 Å². The number of fused-ring (bicyclic) bond motifs is 3. The Morgan fingerprint density at radius 1 is 0.829 bits per heavy atom. The molecule has 7 heteroatoms. The van der Waals surface area contributed by atoms with Crippen molar-refractivity contribution < 1.29 is 23.9 Å². The summed E-state index contributed by atoms with van der Waals surface area (Å²) in [4.78, 5) is 56.7. The molecule has 0 saturated carbocycles. The maximum absolute atomic E-state index is 14.0. The molecule has 3 aromatic carbocycles. The molecule has 2 amide bonds. The van der Waals surface area contributed by atoms with E-state index in [0.29, 0.717) is 17.7 Å². The van der Waals surface area contributed by atoms with Gasteiger partial charge in [-0.3, -0.25) is 19.2 Å². The van der Waals surface area contributed by atoms with E-state index in [0.717, 1.165) is 14.9 Å². The fraction of sp³-hybridized carbons (Fsp3) is 0.214. The highest BCUT2D eigenvalue weighted by atomic mass is 79.9. The Morgan fingerprint density at radius 2 is 1.43 bits per heavy atom. The van der Waals surface area contributed by atoms with Gasteiger partial charge in [-0.25, -0.2) is 4.90 Å². The third-order valence-electron chi connectivity index (χ3n) is 7.33. The van der Waals surface area contributed by atoms with Gasteiger partial charge in [0.1, 0.15) is 0 Å². The number of aryl methyl sites for hydroxylation is 1. The Hall–Kier alpha value is -3.42. The van der Waals surface area contributed by atoms with Crippen molar-refractivity contribution in [3.8, 4) is 0 Å². The highest BCUT2D eigenvalue weighted by Gasteiger charge is 2.74. The summed E-state index contributed by atoms with van der Waals surface area (Å²) in [7, 11) is 0. The molecule has 0 unspecified atom stereocenters. The minimum atomic E-state index is -2.06. The molecule has 0 bridgehead atoms. The van der Waals surface area contributed by atoms with Crippen LogP contribution in [0.4, 0.5) is 5.69 Å². The van der Waals surface area contributed by atoms with Crippen LogP contribution in [-0.2, 0) is 20.7 Å². The van der Waals surface area contributed by atoms with Gasteiger partial charge in [-0.2, -0.15) is 0 Å². The summed E-state index contributed by atoms with van der Waals surface area (Å²) in [6, 6.07) is 20.9. The summed E-state index contributed by atoms with van der Waals surface area (Å²) in [5.74, 6) is -4.40. The van der Waals surface area contributed by atoms with Gasteiger partial charge in [-0.15, -0.1) is 0 Å². The predicted molar refractivity (Wildman–Crippen MR) is 131 cm³/mol. The topological polar surface area (TPSA) is 80.8 Å². The van der Waals surface area contributed by atoms with Crippen molar-refractivity contribution >= 4 is 45.0 Å². The van der Waals surface area contributed by atoms with Crippen molar-refractivity contribution in [2.24, 2.45) is 11.8 Å². The first-order valence-electron chi connectivity index (χ1n) is 11.5. The number of Topliss-reactive ketones (excluding diaryl/α,β-unsaturated/α-hetero) is 2. The lowest BCUT2D eigenvalue weighted by atomic mass is 9.77. The van der Waals surface area contributed by atoms with Crippen LogP contribution in [0.1, 0.15) is 44.9 Å². The second-order valence-electron chi connectivity index (χ2n) is 9.03. The van der Waals surface area contributed by atoms with Crippen molar-refractivity contribution in [2.45, 2.75) is 25.0 Å². The van der Waals surface area contributed by atoms with Gasteiger partial charge < -0.3 is 4.74 Å². The second-order valence-corrected chi connectivity index (χ2v) is 9.94. The fourth-order valence-corrected chi connectivity index (χ4v) is 6.00. The number of nitrogens with zero attached hydrogens (tertiary/aromatic N) is 1. The zero-order valence-corrected chi connectivity index (χ0v) is 20.3. The quantitative estimate of drug-likeness (QED) is 0.362. The van der Waals surface area contributed by atoms with Crippen LogP contribution >= 0.6 is 15.9 Å². The number of benzene rings is 3. The number of hydrogen-bond donors (Lipinski definition) is 0. The third-order valence-corrected chi connectivity index (χ3v) is 7.86. The molecule has 0 aromatic heterocycles. The summed E-state index contributed by atoms with van der Waals surface area (Å²) in [6.07, 6.45) is -0.311. The maximum atomic E-state index is 14.0. The molecule has 6 rings (SSSR count). The summed E-state index contributed by atoms with van der Waals surface area (Å²) in [5.41, 5.74) is 0.328. The van der Waals surface area contributed by atoms with E-state index in [1.54, 1.807) is 60.7 Å². The molecule has 2 fully saturated rings. The van der Waals surface area contributed by atoms with Gasteiger partial charge in [0.15, 0.2) is 0 Å². The van der Waals surface area contributed by atoms with Crippen LogP contribution in [0.3, 0.4) is 0 Å². The molecule has 35 heavy (non-hydrogen) atoms. The van der Waals surface area contributed by atoms with E-state index in [4.69, 9.17) is 4.74 Å². The van der Waals surface area contributed by atoms with Gasteiger partial charge in [0.25, 0.3) is 0 Å². The Kier molecular flexibility index (Phi) is 4.92. The number of hydrogen-bond acceptors (Lipinski definition) is 5. The van der Waals surface area contributed by atoms with Crippen molar-refractivity contribution in [2.75, 3.05) is 4.90 Å². The maximum Gasteiger partial charge on any atom is 0.241 e. The molecule has 1 aliphatic carbocycles. The average molecular weight is 530 g/mol. The van der Waals surface area contributed by atoms with E-state index in [-0.39, 0.29) is 11.1 Å². The van der Waals surface area contributed by atoms with Crippen LogP contribution in [0.25, 0.3) is 0 Å². The highest BCUT2D eigenvalue weighted by molar-refractivity contribution is 9.10. The first-order chi connectivity index (χ1) is 16.9. The molecule has 3 atom stereocenters. The lowest BCUT2D eigenvalue weighted by Crippen LogP contribution is -2.51. The van der Waals surface area contributed by atoms with Gasteiger partial charge in [-0.1, -0.05) is 77.5 Å². The lowest BCUT2D eigenvalue weighted by molar-refractivity contribution is -0.127. The average Bonchev–Trinajstić information content (AvgIpc) is 3.44. The van der Waals surface area contributed by atoms with Gasteiger partial charge in [0, 0.05) is 15.6 Å². The largest absolute Gasteiger partial charge is 0.349 e. The molecular formula is C28H20BrNO5. The SMILES string of the molecule is CCc1ccccc1N1C(=O)[C@@H]2[C@@H](C1=O)C1(O[C@H]2c2ccc(Br)cc2)C(=O)c2ccccc2C1=O. The molecule has 0 N–H and O–H groups in total. The van der Waals surface area contributed by atoms with Gasteiger partial charge in [-0.05, 0) is 35.7 Å². The van der Waals surface area contributed by atoms with Crippen LogP contribution in [0, 0.1) is 11.8 Å². The van der Waals surface area contributed by atoms with Crippen LogP contribution in [0.2, 0.25) is 0 Å². The smallest absolute Gasteiger partial charge is 0.241 e. The minimum Gasteiger partial charge on any atom is -0.349 e. The van der Waals surface area contributed by atoms with Crippen LogP contribution in [0.5, 0.6) is 0 Å². The number of rotatable bonds is 3. The number of carbonyl (C=O) groups is 4. The third kappa shape index (κ3) is 2.85. The zero-order valence-electron chi connectivity index (χ0n) is 18.7. The lowest BCUT2D eigenvalue weighted by Gasteiger charge is -2.28. The monoisotopic (exact) mass is 529 g/mol. The van der Waals surface area contributed by atoms with Crippen molar-refractivity contribution in [1.82, 2.24) is 0 Å². The van der Waals surface area contributed by atoms with Gasteiger partial charge >= 0.3 is 0 Å². The van der Waals surface area contributed by atoms with Crippen LogP contribution in [0.15, 0.2) is 77.3 Å². The zero-order chi connectivity index (χ0) is 24.5. The number of ether oxygens (including phenoxy) is 1. The van der Waals surface area contributed by atoms with Crippen molar-refractivity contribution in [3.63, 3.8) is 0 Å². The van der Waals surface area contributed by atoms with E-state index in [9.17, 15) is 19.2 Å². The molecule has 2 aliphatic heterocycles. The number of carbonyl (C=O) groups excluding carboxylic acids is 4. The summed E-state index contributed by atoms with van der Waals surface area (Å²) in [5, 5.41) is 0. The number of halogens is 1. The molecular weight excluding hydrogens is 510 g/mol. The molecule has 174 valence electrons. The minimum absolute atomic E-state index is 0.223. The Bertz CT molecular complexity index is 1390. The number of amides is 2. The van der Waals surface area contributed by atoms with Crippen molar-refractivity contribution in [3.05, 3.63) is 99.5 Å². The van der Waals surface area contributed by atoms with E-state index >= 15 is 0 Å². The van der Waals surface area contributed by atoms with E-state index in [1.165, 1.54) is 0 Å². The normalized spacial score (nSPS) is 24.4. The van der Waals surface area contributed by atoms with Crippen molar-refractivity contribution in [1.29, 1.82) is 0 Å². The molecule has 2 heterocycles. The first-order valence-corrected chi connectivity index (χ1v) is 12.3. The molecule has 3 aliphatic rings. The summed E-state index contributed by atoms with van der Waals surface area (Å²) >= 11 is 3.41. The summed E-state index contributed by atoms with van der Waals surface area (Å²) in [6.45, 7) is 1.95.